The van der Waals surface area contributed by atoms with Gasteiger partial charge in [0, 0.05) is 0 Å². The van der Waals surface area contributed by atoms with Crippen LogP contribution in [0.3, 0.4) is 0 Å². The first-order valence-corrected chi connectivity index (χ1v) is 33.3. The molecule has 0 spiro atoms. The molecule has 0 amide bonds. The van der Waals surface area contributed by atoms with Crippen molar-refractivity contribution in [2.45, 2.75) is 66.7 Å². The molecule has 284 valence electrons. The molecule has 8 rings (SSSR count). The van der Waals surface area contributed by atoms with Gasteiger partial charge in [0.15, 0.2) is 0 Å². The molecule has 8 heteroatoms. The Kier molecular flexibility index (Phi) is 30.2. The van der Waals surface area contributed by atoms with Gasteiger partial charge in [-0.25, -0.2) is 0 Å². The molecule has 0 aliphatic rings. The molecule has 0 saturated carbocycles. The Hall–Kier alpha value is -1.35. The van der Waals surface area contributed by atoms with Gasteiger partial charge in [-0.3, -0.25) is 0 Å². The predicted octanol–water partition coefficient (Wildman–Crippen LogP) is 15.2. The van der Waals surface area contributed by atoms with Gasteiger partial charge in [0.2, 0.25) is 0 Å². The molecule has 0 fully saturated rings. The molecule has 0 bridgehead atoms. The summed E-state index contributed by atoms with van der Waals surface area (Å²) in [6, 6.07) is 51.7. The summed E-state index contributed by atoms with van der Waals surface area (Å²) in [7, 11) is 0. The van der Waals surface area contributed by atoms with Gasteiger partial charge in [-0.15, -0.1) is 212 Å². The van der Waals surface area contributed by atoms with E-state index in [9.17, 15) is 0 Å². The van der Waals surface area contributed by atoms with Gasteiger partial charge < -0.3 is 0 Å². The van der Waals surface area contributed by atoms with Gasteiger partial charge in [0.05, 0.1) is 0 Å². The van der Waals surface area contributed by atoms with E-state index in [0.717, 1.165) is 12.8 Å². The van der Waals surface area contributed by atoms with Crippen molar-refractivity contribution in [2.75, 3.05) is 0 Å². The topological polar surface area (TPSA) is 0 Å². The van der Waals surface area contributed by atoms with Crippen LogP contribution in [0.1, 0.15) is 36.1 Å². The van der Waals surface area contributed by atoms with E-state index < -0.39 is 0 Å². The Labute approximate surface area is 380 Å². The second-order valence-corrected chi connectivity index (χ2v) is 38.6. The van der Waals surface area contributed by atoms with Crippen LogP contribution in [-0.2, 0) is 58.8 Å². The molecular weight excluding hydrogens is 1110 g/mol. The molecule has 0 heterocycles. The van der Waals surface area contributed by atoms with E-state index >= 15 is 0 Å². The van der Waals surface area contributed by atoms with Crippen LogP contribution in [0.15, 0.2) is 146 Å². The van der Waals surface area contributed by atoms with Crippen molar-refractivity contribution in [1.82, 2.24) is 0 Å². The Balaban J connectivity index is 0. The van der Waals surface area contributed by atoms with Crippen LogP contribution in [0.25, 0.3) is 43.1 Å². The molecule has 54 heavy (non-hydrogen) atoms. The molecule has 0 aliphatic heterocycles. The van der Waals surface area contributed by atoms with E-state index in [1.165, 1.54) is 111 Å². The standard InChI is InChI=1S/2C11H11.2C10H9.2C2H6Si.4ClH.2Hf/c2*1-2-9-7-10-5-3-4-6-11(10)8-9;2*1-8-6-9-4-2-3-5-10(9)7-8;2*1-3-2;;;;;;/h2*3-8H,2H2,1H3;2*2-7H,1H3;2*1-2H3;4*1H;;/q4*-1;;;;;;;2*+2. The van der Waals surface area contributed by atoms with Crippen molar-refractivity contribution in [1.29, 1.82) is 0 Å². The van der Waals surface area contributed by atoms with Crippen LogP contribution in [-0.4, -0.2) is 11.0 Å². The number of halogens is 4. The zero-order chi connectivity index (χ0) is 36.5. The summed E-state index contributed by atoms with van der Waals surface area (Å²) in [5.41, 5.74) is 6.09. The predicted molar refractivity (Wildman–Crippen MR) is 250 cm³/mol. The fourth-order valence-electron chi connectivity index (χ4n) is 5.45. The quantitative estimate of drug-likeness (QED) is 0.120. The van der Waals surface area contributed by atoms with E-state index in [1.54, 1.807) is 0 Å². The third-order valence-electron chi connectivity index (χ3n) is 7.70. The van der Waals surface area contributed by atoms with Gasteiger partial charge in [0.25, 0.3) is 0 Å². The summed E-state index contributed by atoms with van der Waals surface area (Å²) in [6.45, 7) is 17.9. The van der Waals surface area contributed by atoms with Crippen LogP contribution in [0.5, 0.6) is 0 Å². The largest absolute Gasteiger partial charge is 0.165 e. The summed E-state index contributed by atoms with van der Waals surface area (Å²) in [5.74, 6) is 0. The summed E-state index contributed by atoms with van der Waals surface area (Å²) in [6.07, 6.45) is 2.27. The zero-order valence-electron chi connectivity index (χ0n) is 32.9. The van der Waals surface area contributed by atoms with E-state index in [-0.39, 0.29) is 60.6 Å². The van der Waals surface area contributed by atoms with E-state index in [0.29, 0.717) is 0 Å². The maximum absolute atomic E-state index is 2.33. The van der Waals surface area contributed by atoms with Gasteiger partial charge in [-0.1, -0.05) is 52.0 Å². The average Bonchev–Trinajstić information content (AvgIpc) is 3.87. The molecule has 0 saturated heterocycles. The summed E-state index contributed by atoms with van der Waals surface area (Å²) in [5, 5.41) is 10.8. The van der Waals surface area contributed by atoms with Crippen LogP contribution < -0.4 is 0 Å². The molecule has 0 radical (unpaired) electrons. The minimum atomic E-state index is 0. The Morgan fingerprint density at radius 1 is 0.407 bits per heavy atom. The van der Waals surface area contributed by atoms with E-state index in [1.807, 2.05) is 0 Å². The number of benzene rings is 4. The second-order valence-electron chi connectivity index (χ2n) is 13.0. The molecular formula is C46H56Cl4Hf2Si2. The van der Waals surface area contributed by atoms with Gasteiger partial charge in [-0.2, -0.15) is 24.3 Å². The monoisotopic (exact) mass is 1160 g/mol. The Bertz CT molecular complexity index is 1920. The fraction of sp³-hybridized carbons (Fsp3) is 0.217. The number of rotatable bonds is 2. The van der Waals surface area contributed by atoms with Gasteiger partial charge >= 0.3 is 83.2 Å². The minimum Gasteiger partial charge on any atom is -0.165 e. The van der Waals surface area contributed by atoms with Crippen molar-refractivity contribution in [3.8, 4) is 0 Å². The normalized spacial score (nSPS) is 9.26. The van der Waals surface area contributed by atoms with Crippen molar-refractivity contribution in [3.05, 3.63) is 168 Å². The number of hydrogen-bond donors (Lipinski definition) is 0. The first kappa shape index (κ1) is 54.8. The molecule has 0 aromatic heterocycles. The Morgan fingerprint density at radius 2 is 0.630 bits per heavy atom. The number of fused-ring (bicyclic) bond motifs is 4. The molecule has 0 N–H and O–H groups in total. The van der Waals surface area contributed by atoms with Gasteiger partial charge in [-0.05, 0) is 12.8 Å². The molecule has 0 unspecified atom stereocenters. The zero-order valence-corrected chi connectivity index (χ0v) is 45.4. The minimum absolute atomic E-state index is 0. The number of aryl methyl sites for hydroxylation is 4. The summed E-state index contributed by atoms with van der Waals surface area (Å²) < 4.78 is 0. The first-order valence-electron chi connectivity index (χ1n) is 17.5. The van der Waals surface area contributed by atoms with Crippen molar-refractivity contribution >= 4 is 104 Å². The second kappa shape index (κ2) is 29.8. The molecule has 8 aromatic rings. The van der Waals surface area contributed by atoms with Crippen molar-refractivity contribution in [2.24, 2.45) is 0 Å². The SMILES string of the molecule is CCc1cc2ccccc2[cH-]1.CCc1cc2ccccc2[cH-]1.C[Si](C)=[Hf+2].C[Si](C)=[Hf+2].Cc1cc2ccccc2[cH-]1.Cc1cc2ccccc2[cH-]1.Cl.Cl.Cl.Cl. The fourth-order valence-corrected chi connectivity index (χ4v) is 5.45. The van der Waals surface area contributed by atoms with Crippen molar-refractivity contribution in [3.63, 3.8) is 0 Å². The smallest absolute Gasteiger partial charge is 0.0579 e. The number of hydrogen-bond acceptors (Lipinski definition) is 0. The Morgan fingerprint density at radius 3 is 0.852 bits per heavy atom. The maximum Gasteiger partial charge on any atom is -0.0579 e. The maximum atomic E-state index is 2.33. The van der Waals surface area contributed by atoms with E-state index in [4.69, 9.17) is 0 Å². The first-order chi connectivity index (χ1) is 24.0. The summed E-state index contributed by atoms with van der Waals surface area (Å²) >= 11 is 2.90. The third kappa shape index (κ3) is 20.2. The molecule has 8 aromatic carbocycles. The molecule has 0 aliphatic carbocycles. The molecule has 0 atom stereocenters. The summed E-state index contributed by atoms with van der Waals surface area (Å²) in [4.78, 5) is 0. The van der Waals surface area contributed by atoms with Crippen LogP contribution in [0.2, 0.25) is 26.2 Å². The van der Waals surface area contributed by atoms with Crippen molar-refractivity contribution < 1.29 is 46.0 Å². The van der Waals surface area contributed by atoms with Crippen LogP contribution in [0, 0.1) is 13.8 Å². The molecule has 0 nitrogen and oxygen atoms in total. The third-order valence-corrected chi connectivity index (χ3v) is 7.70. The van der Waals surface area contributed by atoms with Crippen LogP contribution in [0.4, 0.5) is 0 Å². The van der Waals surface area contributed by atoms with Gasteiger partial charge in [0.1, 0.15) is 0 Å². The average molecular weight is 1160 g/mol. The van der Waals surface area contributed by atoms with E-state index in [2.05, 4.69) is 199 Å². The van der Waals surface area contributed by atoms with Crippen LogP contribution >= 0.6 is 49.6 Å².